The molecule has 8 heteroatoms. The van der Waals surface area contributed by atoms with Crippen LogP contribution in [0, 0.1) is 0 Å². The van der Waals surface area contributed by atoms with Gasteiger partial charge in [0.1, 0.15) is 16.6 Å². The van der Waals surface area contributed by atoms with Gasteiger partial charge in [0.05, 0.1) is 24.3 Å². The summed E-state index contributed by atoms with van der Waals surface area (Å²) >= 11 is 5.46. The Labute approximate surface area is 186 Å². The number of imide groups is 1. The van der Waals surface area contributed by atoms with E-state index in [1.165, 1.54) is 0 Å². The lowest BCUT2D eigenvalue weighted by Gasteiger charge is -2.26. The second-order valence-corrected chi connectivity index (χ2v) is 8.45. The SMILES string of the molecule is CC(C)(C)OC(=O)N[C@@H](COCc1ccccc1)C(=S)N1C(=O)c2ccccc2C1=O. The Morgan fingerprint density at radius 1 is 1.00 bits per heavy atom. The molecule has 162 valence electrons. The molecule has 0 radical (unpaired) electrons. The molecule has 1 aliphatic rings. The van der Waals surface area contributed by atoms with Crippen molar-refractivity contribution in [3.63, 3.8) is 0 Å². The topological polar surface area (TPSA) is 84.9 Å². The third kappa shape index (κ3) is 5.53. The zero-order valence-electron chi connectivity index (χ0n) is 17.6. The molecular formula is C23H24N2O5S. The molecule has 0 aliphatic carbocycles. The van der Waals surface area contributed by atoms with Crippen LogP contribution < -0.4 is 5.32 Å². The lowest BCUT2D eigenvalue weighted by atomic mass is 10.1. The van der Waals surface area contributed by atoms with Crippen LogP contribution >= 0.6 is 12.2 Å². The maximum absolute atomic E-state index is 12.8. The number of carbonyl (C=O) groups is 3. The Kier molecular flexibility index (Phi) is 6.82. The van der Waals surface area contributed by atoms with Gasteiger partial charge < -0.3 is 14.8 Å². The van der Waals surface area contributed by atoms with Crippen LogP contribution in [0.15, 0.2) is 54.6 Å². The Bertz CT molecular complexity index is 966. The van der Waals surface area contributed by atoms with Crippen molar-refractivity contribution in [3.8, 4) is 0 Å². The van der Waals surface area contributed by atoms with Crippen LogP contribution in [0.4, 0.5) is 4.79 Å². The second kappa shape index (κ2) is 9.36. The first-order valence-corrected chi connectivity index (χ1v) is 10.2. The van der Waals surface area contributed by atoms with Crippen LogP contribution in [0.3, 0.4) is 0 Å². The standard InChI is InChI=1S/C23H24N2O5S/c1-23(2,3)30-22(28)24-18(14-29-13-15-9-5-4-6-10-15)21(31)25-19(26)16-11-7-8-12-17(16)20(25)27/h4-12,18H,13-14H2,1-3H3,(H,24,28)/t18-/m0/s1. The number of thiocarbonyl (C=S) groups is 1. The number of hydrogen-bond donors (Lipinski definition) is 1. The number of nitrogens with one attached hydrogen (secondary N) is 1. The number of hydrogen-bond acceptors (Lipinski definition) is 6. The van der Waals surface area contributed by atoms with Crippen molar-refractivity contribution in [3.05, 3.63) is 71.3 Å². The Balaban J connectivity index is 1.76. The van der Waals surface area contributed by atoms with E-state index in [1.807, 2.05) is 30.3 Å². The quantitative estimate of drug-likeness (QED) is 0.544. The van der Waals surface area contributed by atoms with Crippen molar-refractivity contribution >= 4 is 35.1 Å². The lowest BCUT2D eigenvalue weighted by molar-refractivity contribution is 0.0457. The maximum Gasteiger partial charge on any atom is 0.408 e. The van der Waals surface area contributed by atoms with Crippen molar-refractivity contribution in [2.75, 3.05) is 6.61 Å². The van der Waals surface area contributed by atoms with Crippen LogP contribution in [0.5, 0.6) is 0 Å². The maximum atomic E-state index is 12.8. The molecule has 3 rings (SSSR count). The summed E-state index contributed by atoms with van der Waals surface area (Å²) in [5.74, 6) is -1.05. The summed E-state index contributed by atoms with van der Waals surface area (Å²) in [6.07, 6.45) is -0.722. The smallest absolute Gasteiger partial charge is 0.408 e. The van der Waals surface area contributed by atoms with E-state index in [-0.39, 0.29) is 29.3 Å². The van der Waals surface area contributed by atoms with Crippen LogP contribution in [0.1, 0.15) is 47.1 Å². The molecule has 0 spiro atoms. The molecule has 0 unspecified atom stereocenters. The van der Waals surface area contributed by atoms with Crippen molar-refractivity contribution in [2.45, 2.75) is 39.0 Å². The summed E-state index contributed by atoms with van der Waals surface area (Å²) < 4.78 is 11.0. The molecule has 0 saturated carbocycles. The summed E-state index contributed by atoms with van der Waals surface area (Å²) in [5.41, 5.74) is 0.758. The highest BCUT2D eigenvalue weighted by Gasteiger charge is 2.40. The molecule has 0 fully saturated rings. The van der Waals surface area contributed by atoms with E-state index in [2.05, 4.69) is 5.32 Å². The van der Waals surface area contributed by atoms with Crippen LogP contribution in [-0.2, 0) is 16.1 Å². The third-order valence-electron chi connectivity index (χ3n) is 4.40. The van der Waals surface area contributed by atoms with Crippen molar-refractivity contribution in [2.24, 2.45) is 0 Å². The number of alkyl carbamates (subject to hydrolysis) is 1. The molecule has 7 nitrogen and oxygen atoms in total. The Hall–Kier alpha value is -3.10. The first-order valence-electron chi connectivity index (χ1n) is 9.80. The molecule has 1 aliphatic heterocycles. The third-order valence-corrected chi connectivity index (χ3v) is 4.87. The van der Waals surface area contributed by atoms with Crippen molar-refractivity contribution in [1.29, 1.82) is 0 Å². The largest absolute Gasteiger partial charge is 0.444 e. The van der Waals surface area contributed by atoms with E-state index in [4.69, 9.17) is 21.7 Å². The molecule has 2 aromatic carbocycles. The van der Waals surface area contributed by atoms with Gasteiger partial charge >= 0.3 is 6.09 Å². The summed E-state index contributed by atoms with van der Waals surface area (Å²) in [6.45, 7) is 5.43. The summed E-state index contributed by atoms with van der Waals surface area (Å²) in [6, 6.07) is 15.0. The van der Waals surface area contributed by atoms with Crippen LogP contribution in [0.2, 0.25) is 0 Å². The van der Waals surface area contributed by atoms with Crippen molar-refractivity contribution in [1.82, 2.24) is 10.2 Å². The van der Waals surface area contributed by atoms with Gasteiger partial charge in [-0.25, -0.2) is 9.69 Å². The number of nitrogens with zero attached hydrogens (tertiary/aromatic N) is 1. The number of amides is 3. The van der Waals surface area contributed by atoms with Gasteiger partial charge in [-0.05, 0) is 38.5 Å². The summed E-state index contributed by atoms with van der Waals surface area (Å²) in [5, 5.41) is 2.63. The van der Waals surface area contributed by atoms with Gasteiger partial charge in [0.15, 0.2) is 0 Å². The van der Waals surface area contributed by atoms with E-state index in [1.54, 1.807) is 45.0 Å². The minimum Gasteiger partial charge on any atom is -0.444 e. The normalized spacial score (nSPS) is 14.2. The zero-order valence-corrected chi connectivity index (χ0v) is 18.4. The first kappa shape index (κ1) is 22.6. The average molecular weight is 441 g/mol. The van der Waals surface area contributed by atoms with E-state index >= 15 is 0 Å². The molecule has 2 aromatic rings. The predicted molar refractivity (Wildman–Crippen MR) is 119 cm³/mol. The fraction of sp³-hybridized carbons (Fsp3) is 0.304. The highest BCUT2D eigenvalue weighted by molar-refractivity contribution is 7.80. The van der Waals surface area contributed by atoms with Gasteiger partial charge in [-0.1, -0.05) is 54.7 Å². The van der Waals surface area contributed by atoms with Gasteiger partial charge in [-0.15, -0.1) is 0 Å². The van der Waals surface area contributed by atoms with Gasteiger partial charge in [-0.2, -0.15) is 0 Å². The van der Waals surface area contributed by atoms with Crippen LogP contribution in [0.25, 0.3) is 0 Å². The van der Waals surface area contributed by atoms with E-state index in [0.29, 0.717) is 0 Å². The van der Waals surface area contributed by atoms with Gasteiger partial charge in [0, 0.05) is 0 Å². The van der Waals surface area contributed by atoms with E-state index in [9.17, 15) is 14.4 Å². The Morgan fingerprint density at radius 2 is 1.55 bits per heavy atom. The second-order valence-electron chi connectivity index (χ2n) is 8.03. The number of benzene rings is 2. The van der Waals surface area contributed by atoms with Gasteiger partial charge in [0.2, 0.25) is 0 Å². The fourth-order valence-electron chi connectivity index (χ4n) is 3.04. The average Bonchev–Trinajstić information content (AvgIpc) is 2.97. The zero-order chi connectivity index (χ0) is 22.6. The Morgan fingerprint density at radius 3 is 2.10 bits per heavy atom. The van der Waals surface area contributed by atoms with Gasteiger partial charge in [0.25, 0.3) is 11.8 Å². The minimum atomic E-state index is -0.921. The molecule has 31 heavy (non-hydrogen) atoms. The monoisotopic (exact) mass is 440 g/mol. The number of rotatable bonds is 6. The predicted octanol–water partition coefficient (Wildman–Crippen LogP) is 3.72. The molecule has 0 bridgehead atoms. The number of fused-ring (bicyclic) bond motifs is 1. The van der Waals surface area contributed by atoms with Crippen LogP contribution in [-0.4, -0.2) is 46.0 Å². The number of carbonyl (C=O) groups excluding carboxylic acids is 3. The molecule has 1 atom stereocenters. The number of ether oxygens (including phenoxy) is 2. The molecular weight excluding hydrogens is 416 g/mol. The molecule has 3 amide bonds. The van der Waals surface area contributed by atoms with E-state index < -0.39 is 29.6 Å². The van der Waals surface area contributed by atoms with Crippen molar-refractivity contribution < 1.29 is 23.9 Å². The summed E-state index contributed by atoms with van der Waals surface area (Å²) in [7, 11) is 0. The molecule has 1 heterocycles. The lowest BCUT2D eigenvalue weighted by Crippen LogP contribution is -2.52. The first-order chi connectivity index (χ1) is 14.7. The highest BCUT2D eigenvalue weighted by atomic mass is 32.1. The van der Waals surface area contributed by atoms with Gasteiger partial charge in [-0.3, -0.25) is 9.59 Å². The molecule has 0 saturated heterocycles. The van der Waals surface area contributed by atoms with E-state index in [0.717, 1.165) is 10.5 Å². The summed E-state index contributed by atoms with van der Waals surface area (Å²) in [4.78, 5) is 38.8. The fourth-order valence-corrected chi connectivity index (χ4v) is 3.33. The molecule has 1 N–H and O–H groups in total. The highest BCUT2D eigenvalue weighted by Crippen LogP contribution is 2.24. The molecule has 0 aromatic heterocycles. The minimum absolute atomic E-state index is 0.0413.